The Morgan fingerprint density at radius 1 is 1.50 bits per heavy atom. The summed E-state index contributed by atoms with van der Waals surface area (Å²) in [6.07, 6.45) is 2.38. The summed E-state index contributed by atoms with van der Waals surface area (Å²) in [7, 11) is -3.46. The lowest BCUT2D eigenvalue weighted by atomic mass is 10.3. The summed E-state index contributed by atoms with van der Waals surface area (Å²) in [5.41, 5.74) is 0.946. The van der Waals surface area contributed by atoms with E-state index in [1.54, 1.807) is 12.3 Å². The van der Waals surface area contributed by atoms with Crippen LogP contribution in [0.1, 0.15) is 12.0 Å². The topological polar surface area (TPSA) is 71.1 Å². The second-order valence-corrected chi connectivity index (χ2v) is 5.65. The normalized spacial score (nSPS) is 21.2. The minimum atomic E-state index is -3.46. The van der Waals surface area contributed by atoms with Crippen LogP contribution in [0, 0.1) is 6.92 Å². The molecule has 6 heteroatoms. The lowest BCUT2D eigenvalue weighted by Gasteiger charge is -2.11. The van der Waals surface area contributed by atoms with Gasteiger partial charge in [0, 0.05) is 18.8 Å². The maximum atomic E-state index is 11.9. The Hall–Kier alpha value is -0.980. The molecule has 1 fully saturated rings. The molecule has 0 unspecified atom stereocenters. The second-order valence-electron chi connectivity index (χ2n) is 3.98. The van der Waals surface area contributed by atoms with Gasteiger partial charge in [-0.25, -0.2) is 18.1 Å². The van der Waals surface area contributed by atoms with E-state index in [2.05, 4.69) is 15.0 Å². The summed E-state index contributed by atoms with van der Waals surface area (Å²) in [5, 5.41) is 3.20. The average molecular weight is 241 g/mol. The zero-order valence-electron chi connectivity index (χ0n) is 9.10. The lowest BCUT2D eigenvalue weighted by Crippen LogP contribution is -2.36. The summed E-state index contributed by atoms with van der Waals surface area (Å²) in [5.74, 6) is 0. The zero-order valence-corrected chi connectivity index (χ0v) is 9.92. The van der Waals surface area contributed by atoms with Crippen molar-refractivity contribution in [3.05, 3.63) is 23.9 Å². The first-order valence-corrected chi connectivity index (χ1v) is 6.72. The first-order valence-electron chi connectivity index (χ1n) is 5.24. The van der Waals surface area contributed by atoms with Gasteiger partial charge in [0.25, 0.3) is 10.0 Å². The van der Waals surface area contributed by atoms with Crippen LogP contribution >= 0.6 is 0 Å². The van der Waals surface area contributed by atoms with Gasteiger partial charge in [-0.3, -0.25) is 0 Å². The third-order valence-corrected chi connectivity index (χ3v) is 3.98. The molecule has 0 radical (unpaired) electrons. The molecule has 0 amide bonds. The van der Waals surface area contributed by atoms with Gasteiger partial charge >= 0.3 is 0 Å². The molecule has 1 aliphatic rings. The highest BCUT2D eigenvalue weighted by molar-refractivity contribution is 7.89. The zero-order chi connectivity index (χ0) is 11.6. The third kappa shape index (κ3) is 2.58. The summed E-state index contributed by atoms with van der Waals surface area (Å²) in [6.45, 7) is 3.41. The molecule has 0 saturated carbocycles. The molecule has 1 saturated heterocycles. The van der Waals surface area contributed by atoms with E-state index in [9.17, 15) is 8.42 Å². The van der Waals surface area contributed by atoms with Crippen molar-refractivity contribution in [2.45, 2.75) is 24.4 Å². The van der Waals surface area contributed by atoms with Crippen molar-refractivity contribution >= 4 is 10.0 Å². The van der Waals surface area contributed by atoms with E-state index >= 15 is 0 Å². The van der Waals surface area contributed by atoms with Crippen molar-refractivity contribution in [2.75, 3.05) is 13.1 Å². The highest BCUT2D eigenvalue weighted by Crippen LogP contribution is 2.08. The molecule has 0 aromatic carbocycles. The van der Waals surface area contributed by atoms with Gasteiger partial charge < -0.3 is 5.32 Å². The van der Waals surface area contributed by atoms with E-state index in [4.69, 9.17) is 0 Å². The standard InChI is InChI=1S/C10H15N3O2S/c1-8-2-3-10(12-6-8)16(14,15)13-9-4-5-11-7-9/h2-3,6,9,11,13H,4-5,7H2,1H3/t9-/m0/s1. The van der Waals surface area contributed by atoms with Crippen molar-refractivity contribution in [3.8, 4) is 0 Å². The van der Waals surface area contributed by atoms with Crippen LogP contribution in [0.25, 0.3) is 0 Å². The Kier molecular flexibility index (Phi) is 3.22. The molecule has 1 aliphatic heterocycles. The molecular formula is C10H15N3O2S. The average Bonchev–Trinajstić information content (AvgIpc) is 2.70. The predicted molar refractivity (Wildman–Crippen MR) is 60.6 cm³/mol. The highest BCUT2D eigenvalue weighted by atomic mass is 32.2. The van der Waals surface area contributed by atoms with Crippen LogP contribution < -0.4 is 10.0 Å². The summed E-state index contributed by atoms with van der Waals surface area (Å²) < 4.78 is 26.4. The number of hydrogen-bond donors (Lipinski definition) is 2. The minimum absolute atomic E-state index is 0.0203. The van der Waals surface area contributed by atoms with Gasteiger partial charge in [-0.15, -0.1) is 0 Å². The van der Waals surface area contributed by atoms with Gasteiger partial charge in [0.15, 0.2) is 5.03 Å². The van der Waals surface area contributed by atoms with E-state index in [1.807, 2.05) is 6.92 Å². The smallest absolute Gasteiger partial charge is 0.258 e. The number of aromatic nitrogens is 1. The number of pyridine rings is 1. The van der Waals surface area contributed by atoms with Gasteiger partial charge in [-0.1, -0.05) is 6.07 Å². The van der Waals surface area contributed by atoms with Gasteiger partial charge in [-0.2, -0.15) is 0 Å². The molecule has 5 nitrogen and oxygen atoms in total. The van der Waals surface area contributed by atoms with Crippen LogP contribution in [0.5, 0.6) is 0 Å². The van der Waals surface area contributed by atoms with Crippen LogP contribution in [0.15, 0.2) is 23.4 Å². The summed E-state index contributed by atoms with van der Waals surface area (Å²) in [4.78, 5) is 3.92. The highest BCUT2D eigenvalue weighted by Gasteiger charge is 2.23. The van der Waals surface area contributed by atoms with Crippen LogP contribution in [0.3, 0.4) is 0 Å². The Morgan fingerprint density at radius 3 is 2.88 bits per heavy atom. The molecule has 1 atom stereocenters. The Labute approximate surface area is 95.3 Å². The van der Waals surface area contributed by atoms with Crippen molar-refractivity contribution < 1.29 is 8.42 Å². The van der Waals surface area contributed by atoms with Crippen LogP contribution in [-0.2, 0) is 10.0 Å². The lowest BCUT2D eigenvalue weighted by molar-refractivity contribution is 0.556. The first kappa shape index (κ1) is 11.5. The van der Waals surface area contributed by atoms with Crippen molar-refractivity contribution in [3.63, 3.8) is 0 Å². The van der Waals surface area contributed by atoms with E-state index in [0.717, 1.165) is 18.5 Å². The summed E-state index contributed by atoms with van der Waals surface area (Å²) in [6, 6.07) is 3.25. The minimum Gasteiger partial charge on any atom is -0.315 e. The van der Waals surface area contributed by atoms with Crippen molar-refractivity contribution in [1.29, 1.82) is 0 Å². The Bertz CT molecular complexity index is 449. The SMILES string of the molecule is Cc1ccc(S(=O)(=O)N[C@H]2CCNC2)nc1. The van der Waals surface area contributed by atoms with E-state index in [1.165, 1.54) is 6.07 Å². The van der Waals surface area contributed by atoms with Gasteiger partial charge in [0.2, 0.25) is 0 Å². The molecule has 1 aromatic rings. The molecule has 88 valence electrons. The van der Waals surface area contributed by atoms with Gasteiger partial charge in [-0.05, 0) is 31.5 Å². The maximum Gasteiger partial charge on any atom is 0.258 e. The third-order valence-electron chi connectivity index (χ3n) is 2.54. The fourth-order valence-electron chi connectivity index (χ4n) is 1.65. The molecule has 2 heterocycles. The number of hydrogen-bond acceptors (Lipinski definition) is 4. The molecule has 2 rings (SSSR count). The Morgan fingerprint density at radius 2 is 2.31 bits per heavy atom. The maximum absolute atomic E-state index is 11.9. The molecule has 1 aromatic heterocycles. The van der Waals surface area contributed by atoms with Crippen molar-refractivity contribution in [2.24, 2.45) is 0 Å². The number of rotatable bonds is 3. The van der Waals surface area contributed by atoms with Crippen LogP contribution in [-0.4, -0.2) is 32.5 Å². The van der Waals surface area contributed by atoms with E-state index in [0.29, 0.717) is 6.54 Å². The van der Waals surface area contributed by atoms with E-state index < -0.39 is 10.0 Å². The molecule has 0 bridgehead atoms. The van der Waals surface area contributed by atoms with Gasteiger partial charge in [0.05, 0.1) is 0 Å². The fraction of sp³-hybridized carbons (Fsp3) is 0.500. The van der Waals surface area contributed by atoms with Crippen LogP contribution in [0.2, 0.25) is 0 Å². The predicted octanol–water partition coefficient (Wildman–Crippen LogP) is 0.0302. The summed E-state index contributed by atoms with van der Waals surface area (Å²) >= 11 is 0. The molecule has 0 aliphatic carbocycles. The monoisotopic (exact) mass is 241 g/mol. The molecule has 0 spiro atoms. The Balaban J connectivity index is 2.14. The largest absolute Gasteiger partial charge is 0.315 e. The number of aryl methyl sites for hydroxylation is 1. The number of nitrogens with zero attached hydrogens (tertiary/aromatic N) is 1. The van der Waals surface area contributed by atoms with E-state index in [-0.39, 0.29) is 11.1 Å². The number of sulfonamides is 1. The van der Waals surface area contributed by atoms with Crippen LogP contribution in [0.4, 0.5) is 0 Å². The number of nitrogens with one attached hydrogen (secondary N) is 2. The molecular weight excluding hydrogens is 226 g/mol. The van der Waals surface area contributed by atoms with Gasteiger partial charge in [0.1, 0.15) is 0 Å². The first-order chi connectivity index (χ1) is 7.58. The van der Waals surface area contributed by atoms with Crippen molar-refractivity contribution in [1.82, 2.24) is 15.0 Å². The quantitative estimate of drug-likeness (QED) is 0.783. The second kappa shape index (κ2) is 4.48. The fourth-order valence-corrected chi connectivity index (χ4v) is 2.85. The molecule has 16 heavy (non-hydrogen) atoms. The molecule has 2 N–H and O–H groups in total.